The fourth-order valence-electron chi connectivity index (χ4n) is 4.15. The van der Waals surface area contributed by atoms with Crippen molar-refractivity contribution in [2.75, 3.05) is 5.75 Å². The molecule has 0 heterocycles. The summed E-state index contributed by atoms with van der Waals surface area (Å²) in [6.07, 6.45) is 12.5. The van der Waals surface area contributed by atoms with Gasteiger partial charge in [0, 0.05) is 12.3 Å². The number of carboxylic acid groups (broad SMARTS) is 1. The smallest absolute Gasteiger partial charge is 0.303 e. The van der Waals surface area contributed by atoms with Gasteiger partial charge in [0.1, 0.15) is 0 Å². The van der Waals surface area contributed by atoms with Gasteiger partial charge in [-0.15, -0.1) is 11.8 Å². The Morgan fingerprint density at radius 2 is 1.91 bits per heavy atom. The Kier molecular flexibility index (Phi) is 12.8. The van der Waals surface area contributed by atoms with Crippen LogP contribution in [0.1, 0.15) is 76.7 Å². The number of unbranched alkanes of at least 4 members (excludes halogenated alkanes) is 4. The number of benzene rings is 1. The highest BCUT2D eigenvalue weighted by atomic mass is 32.2. The third-order valence-electron chi connectivity index (χ3n) is 6.02. The molecule has 32 heavy (non-hydrogen) atoms. The van der Waals surface area contributed by atoms with Gasteiger partial charge < -0.3 is 15.3 Å². The van der Waals surface area contributed by atoms with Gasteiger partial charge in [-0.3, -0.25) is 4.79 Å². The van der Waals surface area contributed by atoms with E-state index in [2.05, 4.69) is 31.2 Å². The van der Waals surface area contributed by atoms with Crippen molar-refractivity contribution in [1.82, 2.24) is 0 Å². The van der Waals surface area contributed by atoms with Crippen molar-refractivity contribution in [2.24, 2.45) is 5.92 Å². The largest absolute Gasteiger partial charge is 0.481 e. The van der Waals surface area contributed by atoms with Gasteiger partial charge in [-0.25, -0.2) is 0 Å². The highest BCUT2D eigenvalue weighted by Crippen LogP contribution is 2.42. The normalized spacial score (nSPS) is 19.7. The quantitative estimate of drug-likeness (QED) is 0.204. The van der Waals surface area contributed by atoms with Crippen molar-refractivity contribution in [3.63, 3.8) is 0 Å². The van der Waals surface area contributed by atoms with E-state index < -0.39 is 18.2 Å². The lowest BCUT2D eigenvalue weighted by Gasteiger charge is -2.16. The van der Waals surface area contributed by atoms with Crippen molar-refractivity contribution in [2.45, 2.75) is 89.8 Å². The van der Waals surface area contributed by atoms with Crippen LogP contribution in [0.3, 0.4) is 0 Å². The number of aliphatic hydroxyl groups excluding tert-OH is 2. The summed E-state index contributed by atoms with van der Waals surface area (Å²) < 4.78 is 0. The summed E-state index contributed by atoms with van der Waals surface area (Å²) in [5.74, 6) is 0.149. The van der Waals surface area contributed by atoms with Gasteiger partial charge >= 0.3 is 5.97 Å². The standard InChI is InChI=1S/C27H40O4S/c1-2-3-6-13-23(28)17-18-24-25(29)20-22(16-15-21-11-7-4-8-12-21)27(24)32-19-10-5-9-14-26(30)31/h4,7-8,11-12,17-18,23-25,28-29H,2-3,5-6,9-10,13-16,19-20H2,1H3,(H,30,31)/t23-,24-,25+/m0/s1. The van der Waals surface area contributed by atoms with E-state index in [9.17, 15) is 15.0 Å². The lowest BCUT2D eigenvalue weighted by atomic mass is 10.0. The van der Waals surface area contributed by atoms with Crippen LogP contribution < -0.4 is 0 Å². The van der Waals surface area contributed by atoms with Gasteiger partial charge in [0.2, 0.25) is 0 Å². The highest BCUT2D eigenvalue weighted by Gasteiger charge is 2.31. The zero-order chi connectivity index (χ0) is 23.2. The summed E-state index contributed by atoms with van der Waals surface area (Å²) in [6.45, 7) is 2.16. The predicted molar refractivity (Wildman–Crippen MR) is 134 cm³/mol. The van der Waals surface area contributed by atoms with Gasteiger partial charge in [0.15, 0.2) is 0 Å². The molecule has 0 aromatic heterocycles. The van der Waals surface area contributed by atoms with Crippen LogP contribution >= 0.6 is 11.8 Å². The van der Waals surface area contributed by atoms with Crippen molar-refractivity contribution in [3.8, 4) is 0 Å². The minimum atomic E-state index is -0.731. The summed E-state index contributed by atoms with van der Waals surface area (Å²) in [7, 11) is 0. The summed E-state index contributed by atoms with van der Waals surface area (Å²) in [5, 5.41) is 29.9. The van der Waals surface area contributed by atoms with Crippen molar-refractivity contribution in [1.29, 1.82) is 0 Å². The predicted octanol–water partition coefficient (Wildman–Crippen LogP) is 6.13. The molecule has 1 aliphatic rings. The maximum atomic E-state index is 10.8. The fourth-order valence-corrected chi connectivity index (χ4v) is 5.54. The van der Waals surface area contributed by atoms with Crippen LogP contribution in [0.4, 0.5) is 0 Å². The molecule has 178 valence electrons. The molecule has 5 heteroatoms. The summed E-state index contributed by atoms with van der Waals surface area (Å²) in [6, 6.07) is 10.4. The number of rotatable bonds is 16. The lowest BCUT2D eigenvalue weighted by Crippen LogP contribution is -2.14. The topological polar surface area (TPSA) is 77.8 Å². The molecule has 0 bridgehead atoms. The molecule has 0 saturated carbocycles. The van der Waals surface area contributed by atoms with Crippen molar-refractivity contribution < 1.29 is 20.1 Å². The third kappa shape index (κ3) is 9.93. The van der Waals surface area contributed by atoms with Crippen LogP contribution in [0.25, 0.3) is 0 Å². The second-order valence-corrected chi connectivity index (χ2v) is 9.89. The zero-order valence-corrected chi connectivity index (χ0v) is 20.2. The Hall–Kier alpha value is -1.56. The van der Waals surface area contributed by atoms with E-state index in [0.717, 1.165) is 57.1 Å². The van der Waals surface area contributed by atoms with Crippen LogP contribution in [0.2, 0.25) is 0 Å². The van der Waals surface area contributed by atoms with Gasteiger partial charge in [-0.05, 0) is 54.7 Å². The van der Waals surface area contributed by atoms with Gasteiger partial charge in [0.25, 0.3) is 0 Å². The van der Waals surface area contributed by atoms with Gasteiger partial charge in [0.05, 0.1) is 12.2 Å². The number of carboxylic acids is 1. The summed E-state index contributed by atoms with van der Waals surface area (Å²) in [5.41, 5.74) is 2.63. The minimum absolute atomic E-state index is 0.0504. The Bertz CT molecular complexity index is 728. The molecule has 3 atom stereocenters. The average Bonchev–Trinajstić information content (AvgIpc) is 3.08. The van der Waals surface area contributed by atoms with Crippen molar-refractivity contribution in [3.05, 3.63) is 58.5 Å². The van der Waals surface area contributed by atoms with Gasteiger partial charge in [-0.1, -0.05) is 80.7 Å². The molecule has 1 aromatic rings. The first-order chi connectivity index (χ1) is 15.5. The van der Waals surface area contributed by atoms with Crippen LogP contribution in [-0.2, 0) is 11.2 Å². The van der Waals surface area contributed by atoms with E-state index in [1.165, 1.54) is 16.0 Å². The van der Waals surface area contributed by atoms with Gasteiger partial charge in [-0.2, -0.15) is 0 Å². The van der Waals surface area contributed by atoms with E-state index >= 15 is 0 Å². The highest BCUT2D eigenvalue weighted by molar-refractivity contribution is 8.03. The molecule has 4 nitrogen and oxygen atoms in total. The molecular formula is C27H40O4S. The van der Waals surface area contributed by atoms with E-state index in [-0.39, 0.29) is 12.3 Å². The molecule has 3 N–H and O–H groups in total. The SMILES string of the molecule is CCCCC[C@H](O)C=C[C@@H]1C(SCCCCCC(=O)O)=C(CCc2ccccc2)C[C@H]1O. The Morgan fingerprint density at radius 1 is 1.12 bits per heavy atom. The minimum Gasteiger partial charge on any atom is -0.481 e. The molecule has 0 radical (unpaired) electrons. The molecule has 0 saturated heterocycles. The third-order valence-corrected chi connectivity index (χ3v) is 7.38. The Balaban J connectivity index is 2.00. The van der Waals surface area contributed by atoms with Crippen LogP contribution in [-0.4, -0.2) is 39.2 Å². The number of hydrogen-bond acceptors (Lipinski definition) is 4. The Morgan fingerprint density at radius 3 is 2.62 bits per heavy atom. The first kappa shape index (κ1) is 26.7. The number of aryl methyl sites for hydroxylation is 1. The number of aliphatic hydroxyl groups is 2. The van der Waals surface area contributed by atoms with E-state index in [4.69, 9.17) is 5.11 Å². The zero-order valence-electron chi connectivity index (χ0n) is 19.4. The summed E-state index contributed by atoms with van der Waals surface area (Å²) in [4.78, 5) is 11.9. The maximum absolute atomic E-state index is 10.8. The lowest BCUT2D eigenvalue weighted by molar-refractivity contribution is -0.137. The average molecular weight is 461 g/mol. The molecule has 0 spiro atoms. The second-order valence-electron chi connectivity index (χ2n) is 8.75. The van der Waals surface area contributed by atoms with Crippen LogP contribution in [0, 0.1) is 5.92 Å². The molecule has 0 amide bonds. The van der Waals surface area contributed by atoms with Crippen molar-refractivity contribution >= 4 is 17.7 Å². The molecule has 0 fully saturated rings. The molecule has 0 unspecified atom stereocenters. The molecule has 2 rings (SSSR count). The summed E-state index contributed by atoms with van der Waals surface area (Å²) >= 11 is 1.81. The fraction of sp³-hybridized carbons (Fsp3) is 0.593. The van der Waals surface area contributed by atoms with E-state index in [1.807, 2.05) is 30.0 Å². The number of carbonyl (C=O) groups is 1. The number of hydrogen-bond donors (Lipinski definition) is 3. The molecule has 0 aliphatic heterocycles. The van der Waals surface area contributed by atoms with Crippen LogP contribution in [0.15, 0.2) is 53.0 Å². The molecule has 1 aromatic carbocycles. The monoisotopic (exact) mass is 460 g/mol. The molecule has 1 aliphatic carbocycles. The van der Waals surface area contributed by atoms with E-state index in [1.54, 1.807) is 0 Å². The second kappa shape index (κ2) is 15.3. The molecular weight excluding hydrogens is 420 g/mol. The number of thioether (sulfide) groups is 1. The number of aliphatic carboxylic acids is 1. The Labute approximate surface area is 197 Å². The van der Waals surface area contributed by atoms with Crippen LogP contribution in [0.5, 0.6) is 0 Å². The first-order valence-corrected chi connectivity index (χ1v) is 13.1. The maximum Gasteiger partial charge on any atom is 0.303 e. The first-order valence-electron chi connectivity index (χ1n) is 12.2. The van der Waals surface area contributed by atoms with E-state index in [0.29, 0.717) is 12.8 Å².